The summed E-state index contributed by atoms with van der Waals surface area (Å²) in [7, 11) is -4.40. The van der Waals surface area contributed by atoms with Crippen LogP contribution in [0.4, 0.5) is 5.69 Å². The van der Waals surface area contributed by atoms with Gasteiger partial charge in [0.05, 0.1) is 5.69 Å². The van der Waals surface area contributed by atoms with E-state index in [0.29, 0.717) is 50.6 Å². The molecule has 0 radical (unpaired) electrons. The number of allylic oxidation sites excluding steroid dienone is 2. The highest BCUT2D eigenvalue weighted by Gasteiger charge is 2.41. The van der Waals surface area contributed by atoms with Gasteiger partial charge in [-0.1, -0.05) is 38.1 Å². The molecule has 0 bridgehead atoms. The molecule has 0 amide bonds. The Bertz CT molecular complexity index is 1230. The van der Waals surface area contributed by atoms with Gasteiger partial charge in [-0.25, -0.2) is 8.42 Å². The van der Waals surface area contributed by atoms with E-state index in [0.717, 1.165) is 0 Å². The minimum atomic E-state index is -4.40. The Morgan fingerprint density at radius 1 is 0.879 bits per heavy atom. The Balaban J connectivity index is 1.83. The van der Waals surface area contributed by atoms with Crippen molar-refractivity contribution in [3.05, 3.63) is 64.2 Å². The lowest BCUT2D eigenvalue weighted by Crippen LogP contribution is -2.38. The first kappa shape index (κ1) is 22.8. The predicted molar refractivity (Wildman–Crippen MR) is 124 cm³/mol. The largest absolute Gasteiger partial charge is 0.486 e. The van der Waals surface area contributed by atoms with Crippen molar-refractivity contribution in [3.8, 4) is 11.5 Å². The van der Waals surface area contributed by atoms with Crippen molar-refractivity contribution in [2.24, 2.45) is 0 Å². The number of anilines is 1. The second kappa shape index (κ2) is 9.27. The fourth-order valence-corrected chi connectivity index (χ4v) is 5.43. The molecular formula is C24H26N2O6S. The molecule has 4 rings (SSSR count). The summed E-state index contributed by atoms with van der Waals surface area (Å²) in [5.41, 5.74) is 0.435. The first-order chi connectivity index (χ1) is 15.9. The van der Waals surface area contributed by atoms with Gasteiger partial charge in [0.2, 0.25) is 11.6 Å². The molecule has 2 aromatic carbocycles. The van der Waals surface area contributed by atoms with Crippen molar-refractivity contribution < 1.29 is 27.5 Å². The van der Waals surface area contributed by atoms with Gasteiger partial charge in [0, 0.05) is 30.3 Å². The number of rotatable bonds is 8. The van der Waals surface area contributed by atoms with Crippen LogP contribution in [0.1, 0.15) is 47.4 Å². The molecular weight excluding hydrogens is 444 g/mol. The second-order valence-corrected chi connectivity index (χ2v) is 9.45. The fourth-order valence-electron chi connectivity index (χ4n) is 4.06. The van der Waals surface area contributed by atoms with Gasteiger partial charge in [-0.2, -0.15) is 0 Å². The van der Waals surface area contributed by atoms with Crippen molar-refractivity contribution in [3.63, 3.8) is 0 Å². The maximum Gasteiger partial charge on any atom is 0.268 e. The molecule has 2 aliphatic rings. The third-order valence-corrected chi connectivity index (χ3v) is 6.84. The number of Topliss-reactive ketones (excluding diaryl/α,β-unsaturated/α-hetero) is 2. The first-order valence-corrected chi connectivity index (χ1v) is 12.5. The monoisotopic (exact) mass is 470 g/mol. The van der Waals surface area contributed by atoms with E-state index in [1.165, 1.54) is 18.2 Å². The number of nitrogens with one attached hydrogen (secondary N) is 1. The number of hydrogen-bond acceptors (Lipinski definition) is 7. The van der Waals surface area contributed by atoms with Gasteiger partial charge in [-0.15, -0.1) is 0 Å². The molecule has 1 aliphatic heterocycles. The average Bonchev–Trinajstić information content (AvgIpc) is 2.80. The molecule has 1 aliphatic carbocycles. The molecule has 1 N–H and O–H groups in total. The van der Waals surface area contributed by atoms with Gasteiger partial charge in [0.15, 0.2) is 16.4 Å². The lowest BCUT2D eigenvalue weighted by molar-refractivity contribution is 0.0946. The molecule has 174 valence electrons. The van der Waals surface area contributed by atoms with Gasteiger partial charge in [-0.05, 0) is 25.0 Å². The van der Waals surface area contributed by atoms with Crippen LogP contribution < -0.4 is 14.2 Å². The molecule has 0 atom stereocenters. The highest BCUT2D eigenvalue weighted by atomic mass is 32.2. The number of hydrogen-bond donors (Lipinski definition) is 1. The summed E-state index contributed by atoms with van der Waals surface area (Å²) in [4.78, 5) is 28.1. The SMILES string of the molecule is CCCN(CCC)C1=C(S(=O)(=O)Nc2ccc3c(c2)OCCO3)C(=O)c2ccccc2C1=O. The predicted octanol–water partition coefficient (Wildman–Crippen LogP) is 3.61. The van der Waals surface area contributed by atoms with Gasteiger partial charge in [0.1, 0.15) is 18.9 Å². The lowest BCUT2D eigenvalue weighted by Gasteiger charge is -2.31. The summed E-state index contributed by atoms with van der Waals surface area (Å²) < 4.78 is 40.6. The Hall–Kier alpha value is -3.33. The molecule has 33 heavy (non-hydrogen) atoms. The maximum absolute atomic E-state index is 13.6. The maximum atomic E-state index is 13.6. The van der Waals surface area contributed by atoms with Crippen molar-refractivity contribution in [1.82, 2.24) is 4.90 Å². The molecule has 0 saturated carbocycles. The van der Waals surface area contributed by atoms with E-state index < -0.39 is 26.5 Å². The number of ether oxygens (including phenoxy) is 2. The van der Waals surface area contributed by atoms with Gasteiger partial charge >= 0.3 is 0 Å². The minimum Gasteiger partial charge on any atom is -0.486 e. The Kier molecular flexibility index (Phi) is 6.42. The van der Waals surface area contributed by atoms with Gasteiger partial charge in [0.25, 0.3) is 10.0 Å². The summed E-state index contributed by atoms with van der Waals surface area (Å²) >= 11 is 0. The van der Waals surface area contributed by atoms with E-state index in [2.05, 4.69) is 4.72 Å². The van der Waals surface area contributed by atoms with Crippen molar-refractivity contribution in [2.75, 3.05) is 31.0 Å². The van der Waals surface area contributed by atoms with Crippen LogP contribution in [0.15, 0.2) is 53.1 Å². The molecule has 2 aromatic rings. The molecule has 0 spiro atoms. The standard InChI is InChI=1S/C24H26N2O6S/c1-3-11-26(12-4-2)21-22(27)17-7-5-6-8-18(17)23(28)24(21)33(29,30)25-16-9-10-19-20(15-16)32-14-13-31-19/h5-10,15,25H,3-4,11-14H2,1-2H3. The van der Waals surface area contributed by atoms with Gasteiger partial charge < -0.3 is 14.4 Å². The van der Waals surface area contributed by atoms with Crippen LogP contribution >= 0.6 is 0 Å². The molecule has 8 nitrogen and oxygen atoms in total. The van der Waals surface area contributed by atoms with Crippen LogP contribution in [-0.4, -0.2) is 51.2 Å². The normalized spacial score (nSPS) is 15.3. The third kappa shape index (κ3) is 4.32. The first-order valence-electron chi connectivity index (χ1n) is 11.0. The minimum absolute atomic E-state index is 0.0764. The highest BCUT2D eigenvalue weighted by molar-refractivity contribution is 7.97. The Morgan fingerprint density at radius 2 is 1.48 bits per heavy atom. The van der Waals surface area contributed by atoms with Crippen LogP contribution in [0.2, 0.25) is 0 Å². The number of ketones is 2. The lowest BCUT2D eigenvalue weighted by atomic mass is 9.91. The van der Waals surface area contributed by atoms with Crippen molar-refractivity contribution in [1.29, 1.82) is 0 Å². The van der Waals surface area contributed by atoms with E-state index in [-0.39, 0.29) is 22.5 Å². The van der Waals surface area contributed by atoms with Crippen LogP contribution in [0, 0.1) is 0 Å². The van der Waals surface area contributed by atoms with Crippen LogP contribution in [0.3, 0.4) is 0 Å². The number of nitrogens with zero attached hydrogens (tertiary/aromatic N) is 1. The molecule has 1 heterocycles. The van der Waals surface area contributed by atoms with Crippen molar-refractivity contribution in [2.45, 2.75) is 26.7 Å². The Labute approximate surface area is 193 Å². The zero-order valence-electron chi connectivity index (χ0n) is 18.6. The summed E-state index contributed by atoms with van der Waals surface area (Å²) in [6, 6.07) is 11.0. The van der Waals surface area contributed by atoms with E-state index in [1.54, 1.807) is 29.2 Å². The van der Waals surface area contributed by atoms with Crippen LogP contribution in [0.5, 0.6) is 11.5 Å². The topological polar surface area (TPSA) is 102 Å². The zero-order chi connectivity index (χ0) is 23.6. The molecule has 0 unspecified atom stereocenters. The number of fused-ring (bicyclic) bond motifs is 2. The van der Waals surface area contributed by atoms with E-state index in [9.17, 15) is 18.0 Å². The summed E-state index contributed by atoms with van der Waals surface area (Å²) in [6.07, 6.45) is 1.38. The molecule has 0 saturated heterocycles. The number of carbonyl (C=O) groups is 2. The summed E-state index contributed by atoms with van der Waals surface area (Å²) in [5.74, 6) is -0.234. The van der Waals surface area contributed by atoms with E-state index in [4.69, 9.17) is 9.47 Å². The highest BCUT2D eigenvalue weighted by Crippen LogP contribution is 2.35. The third-order valence-electron chi connectivity index (χ3n) is 5.42. The Morgan fingerprint density at radius 3 is 2.12 bits per heavy atom. The van der Waals surface area contributed by atoms with Crippen molar-refractivity contribution >= 4 is 27.3 Å². The number of carbonyl (C=O) groups excluding carboxylic acids is 2. The summed E-state index contributed by atoms with van der Waals surface area (Å²) in [6.45, 7) is 5.54. The van der Waals surface area contributed by atoms with Crippen LogP contribution in [0.25, 0.3) is 0 Å². The van der Waals surface area contributed by atoms with Crippen LogP contribution in [-0.2, 0) is 10.0 Å². The van der Waals surface area contributed by atoms with Gasteiger partial charge in [-0.3, -0.25) is 14.3 Å². The quantitative estimate of drug-likeness (QED) is 0.629. The fraction of sp³-hybridized carbons (Fsp3) is 0.333. The molecule has 0 fully saturated rings. The van der Waals surface area contributed by atoms with E-state index >= 15 is 0 Å². The second-order valence-electron chi connectivity index (χ2n) is 7.83. The number of sulfonamides is 1. The summed E-state index contributed by atoms with van der Waals surface area (Å²) in [5, 5.41) is 0. The molecule has 0 aromatic heterocycles. The van der Waals surface area contributed by atoms with E-state index in [1.807, 2.05) is 13.8 Å². The smallest absolute Gasteiger partial charge is 0.268 e. The number of benzene rings is 2. The molecule has 9 heteroatoms. The average molecular weight is 471 g/mol. The zero-order valence-corrected chi connectivity index (χ0v) is 19.4.